The molecule has 0 bridgehead atoms. The first kappa shape index (κ1) is 11.5. The molecule has 17 heavy (non-hydrogen) atoms. The second kappa shape index (κ2) is 4.91. The van der Waals surface area contributed by atoms with Gasteiger partial charge in [-0.25, -0.2) is 4.79 Å². The molecule has 0 saturated heterocycles. The lowest BCUT2D eigenvalue weighted by molar-refractivity contribution is 0.0487. The summed E-state index contributed by atoms with van der Waals surface area (Å²) < 4.78 is 15.9. The van der Waals surface area contributed by atoms with Crippen LogP contribution in [0.15, 0.2) is 28.7 Å². The van der Waals surface area contributed by atoms with Crippen molar-refractivity contribution in [2.75, 3.05) is 13.2 Å². The first-order valence-corrected chi connectivity index (χ1v) is 5.59. The molecule has 1 heterocycles. The van der Waals surface area contributed by atoms with Crippen molar-refractivity contribution in [3.63, 3.8) is 0 Å². The highest BCUT2D eigenvalue weighted by Crippen LogP contribution is 2.33. The van der Waals surface area contributed by atoms with E-state index in [1.807, 2.05) is 25.1 Å². The van der Waals surface area contributed by atoms with Crippen molar-refractivity contribution in [1.29, 1.82) is 0 Å². The molecule has 1 aromatic heterocycles. The van der Waals surface area contributed by atoms with Crippen LogP contribution >= 0.6 is 0 Å². The average Bonchev–Trinajstić information content (AvgIpc) is 2.70. The fourth-order valence-corrected chi connectivity index (χ4v) is 1.64. The molecular weight excluding hydrogens is 220 g/mol. The van der Waals surface area contributed by atoms with E-state index in [1.165, 1.54) is 0 Å². The predicted molar refractivity (Wildman–Crippen MR) is 63.3 cm³/mol. The van der Waals surface area contributed by atoms with Crippen molar-refractivity contribution >= 4 is 16.9 Å². The van der Waals surface area contributed by atoms with Crippen LogP contribution in [0.1, 0.15) is 24.4 Å². The second-order valence-corrected chi connectivity index (χ2v) is 3.41. The van der Waals surface area contributed by atoms with Crippen LogP contribution in [-0.2, 0) is 4.74 Å². The Morgan fingerprint density at radius 3 is 2.71 bits per heavy atom. The number of ether oxygens (including phenoxy) is 2. The second-order valence-electron chi connectivity index (χ2n) is 3.41. The van der Waals surface area contributed by atoms with Crippen molar-refractivity contribution < 1.29 is 18.7 Å². The number of esters is 1. The van der Waals surface area contributed by atoms with E-state index < -0.39 is 5.97 Å². The number of carbonyl (C=O) groups excluding carboxylic acids is 1. The average molecular weight is 234 g/mol. The lowest BCUT2D eigenvalue weighted by Crippen LogP contribution is -2.05. The van der Waals surface area contributed by atoms with Crippen LogP contribution in [0.4, 0.5) is 0 Å². The van der Waals surface area contributed by atoms with Crippen LogP contribution in [0.5, 0.6) is 5.75 Å². The summed E-state index contributed by atoms with van der Waals surface area (Å²) in [6.07, 6.45) is 0. The fraction of sp³-hybridized carbons (Fsp3) is 0.308. The van der Waals surface area contributed by atoms with Gasteiger partial charge < -0.3 is 13.9 Å². The highest BCUT2D eigenvalue weighted by molar-refractivity contribution is 5.98. The van der Waals surface area contributed by atoms with E-state index in [-0.39, 0.29) is 5.76 Å². The summed E-state index contributed by atoms with van der Waals surface area (Å²) in [7, 11) is 0. The van der Waals surface area contributed by atoms with E-state index >= 15 is 0 Å². The van der Waals surface area contributed by atoms with Crippen LogP contribution in [0.2, 0.25) is 0 Å². The Morgan fingerprint density at radius 1 is 1.24 bits per heavy atom. The van der Waals surface area contributed by atoms with E-state index in [0.29, 0.717) is 24.5 Å². The number of fused-ring (bicyclic) bond motifs is 1. The van der Waals surface area contributed by atoms with Gasteiger partial charge in [0.05, 0.1) is 18.6 Å². The van der Waals surface area contributed by atoms with Crippen molar-refractivity contribution in [2.24, 2.45) is 0 Å². The maximum absolute atomic E-state index is 11.7. The molecular formula is C13H14O4. The summed E-state index contributed by atoms with van der Waals surface area (Å²) in [5, 5.41) is 0.789. The molecule has 2 rings (SSSR count). The van der Waals surface area contributed by atoms with Crippen LogP contribution in [-0.4, -0.2) is 19.2 Å². The lowest BCUT2D eigenvalue weighted by Gasteiger charge is -2.03. The van der Waals surface area contributed by atoms with E-state index in [9.17, 15) is 4.79 Å². The van der Waals surface area contributed by atoms with Gasteiger partial charge in [0, 0.05) is 0 Å². The summed E-state index contributed by atoms with van der Waals surface area (Å²) in [5.41, 5.74) is 0.624. The molecule has 1 aromatic carbocycles. The molecule has 0 aliphatic heterocycles. The molecule has 0 spiro atoms. The number of carbonyl (C=O) groups is 1. The first-order valence-electron chi connectivity index (χ1n) is 5.59. The standard InChI is InChI=1S/C13H14O4/c1-3-15-11-9-7-5-6-8-10(9)17-12(11)13(14)16-4-2/h5-8H,3-4H2,1-2H3. The Balaban J connectivity index is 2.53. The Bertz CT molecular complexity index is 527. The normalized spacial score (nSPS) is 10.5. The number of benzene rings is 1. The molecule has 4 nitrogen and oxygen atoms in total. The van der Waals surface area contributed by atoms with Crippen molar-refractivity contribution in [3.8, 4) is 5.75 Å². The number of hydrogen-bond acceptors (Lipinski definition) is 4. The van der Waals surface area contributed by atoms with E-state index in [0.717, 1.165) is 5.39 Å². The third-order valence-electron chi connectivity index (χ3n) is 2.30. The Hall–Kier alpha value is -1.97. The number of furan rings is 1. The third-order valence-corrected chi connectivity index (χ3v) is 2.30. The van der Waals surface area contributed by atoms with Gasteiger partial charge in [-0.15, -0.1) is 0 Å². The molecule has 4 heteroatoms. The fourth-order valence-electron chi connectivity index (χ4n) is 1.64. The van der Waals surface area contributed by atoms with E-state index in [4.69, 9.17) is 13.9 Å². The Kier molecular flexibility index (Phi) is 3.32. The summed E-state index contributed by atoms with van der Waals surface area (Å²) in [5.74, 6) is 0.101. The van der Waals surface area contributed by atoms with Crippen LogP contribution in [0.3, 0.4) is 0 Å². The number of hydrogen-bond donors (Lipinski definition) is 0. The van der Waals surface area contributed by atoms with Crippen molar-refractivity contribution in [2.45, 2.75) is 13.8 Å². The summed E-state index contributed by atoms with van der Waals surface area (Å²) in [6, 6.07) is 7.36. The molecule has 0 radical (unpaired) electrons. The topological polar surface area (TPSA) is 48.7 Å². The largest absolute Gasteiger partial charge is 0.489 e. The minimum Gasteiger partial charge on any atom is -0.489 e. The van der Waals surface area contributed by atoms with Gasteiger partial charge in [-0.05, 0) is 26.0 Å². The van der Waals surface area contributed by atoms with Gasteiger partial charge >= 0.3 is 5.97 Å². The highest BCUT2D eigenvalue weighted by Gasteiger charge is 2.22. The zero-order valence-corrected chi connectivity index (χ0v) is 9.86. The predicted octanol–water partition coefficient (Wildman–Crippen LogP) is 3.01. The van der Waals surface area contributed by atoms with Gasteiger partial charge in [-0.2, -0.15) is 0 Å². The minimum atomic E-state index is -0.493. The van der Waals surface area contributed by atoms with Crippen molar-refractivity contribution in [3.05, 3.63) is 30.0 Å². The number of rotatable bonds is 4. The molecule has 90 valence electrons. The zero-order chi connectivity index (χ0) is 12.3. The zero-order valence-electron chi connectivity index (χ0n) is 9.86. The summed E-state index contributed by atoms with van der Waals surface area (Å²) in [6.45, 7) is 4.38. The Labute approximate surface area is 99.1 Å². The first-order chi connectivity index (χ1) is 8.27. The van der Waals surface area contributed by atoms with Crippen molar-refractivity contribution in [1.82, 2.24) is 0 Å². The highest BCUT2D eigenvalue weighted by atomic mass is 16.6. The number of para-hydroxylation sites is 1. The monoisotopic (exact) mass is 234 g/mol. The maximum Gasteiger partial charge on any atom is 0.378 e. The molecule has 0 aliphatic rings. The summed E-state index contributed by atoms with van der Waals surface area (Å²) >= 11 is 0. The third kappa shape index (κ3) is 2.11. The van der Waals surface area contributed by atoms with E-state index in [1.54, 1.807) is 13.0 Å². The Morgan fingerprint density at radius 2 is 2.00 bits per heavy atom. The maximum atomic E-state index is 11.7. The molecule has 0 aliphatic carbocycles. The summed E-state index contributed by atoms with van der Waals surface area (Å²) in [4.78, 5) is 11.7. The van der Waals surface area contributed by atoms with Gasteiger partial charge in [-0.1, -0.05) is 12.1 Å². The SMILES string of the molecule is CCOC(=O)c1oc2ccccc2c1OCC. The molecule has 0 atom stereocenters. The van der Waals surface area contributed by atoms with Crippen LogP contribution in [0, 0.1) is 0 Å². The van der Waals surface area contributed by atoms with Gasteiger partial charge in [-0.3, -0.25) is 0 Å². The van der Waals surface area contributed by atoms with Gasteiger partial charge in [0.25, 0.3) is 5.76 Å². The van der Waals surface area contributed by atoms with Crippen LogP contribution < -0.4 is 4.74 Å². The molecule has 0 amide bonds. The molecule has 2 aromatic rings. The smallest absolute Gasteiger partial charge is 0.378 e. The van der Waals surface area contributed by atoms with E-state index in [2.05, 4.69) is 0 Å². The lowest BCUT2D eigenvalue weighted by atomic mass is 10.2. The van der Waals surface area contributed by atoms with Gasteiger partial charge in [0.15, 0.2) is 5.75 Å². The van der Waals surface area contributed by atoms with Gasteiger partial charge in [0.2, 0.25) is 0 Å². The van der Waals surface area contributed by atoms with Crippen LogP contribution in [0.25, 0.3) is 11.0 Å². The molecule has 0 N–H and O–H groups in total. The molecule has 0 fully saturated rings. The van der Waals surface area contributed by atoms with Gasteiger partial charge in [0.1, 0.15) is 5.58 Å². The minimum absolute atomic E-state index is 0.134. The molecule has 0 unspecified atom stereocenters. The quantitative estimate of drug-likeness (QED) is 0.763. The molecule has 0 saturated carbocycles.